The molecular formula is C18H27NO2. The third-order valence-electron chi connectivity index (χ3n) is 4.92. The maximum Gasteiger partial charge on any atom is 0.161 e. The van der Waals surface area contributed by atoms with Crippen molar-refractivity contribution in [3.63, 3.8) is 0 Å². The third kappa shape index (κ3) is 3.70. The number of fused-ring (bicyclic) bond motifs is 1. The SMILES string of the molecule is CC(C)C1CCC(NCC2COc3ccccc3O2)CC1. The minimum Gasteiger partial charge on any atom is -0.486 e. The lowest BCUT2D eigenvalue weighted by Crippen LogP contribution is -2.43. The van der Waals surface area contributed by atoms with E-state index in [1.807, 2.05) is 24.3 Å². The van der Waals surface area contributed by atoms with Crippen molar-refractivity contribution in [2.75, 3.05) is 13.2 Å². The topological polar surface area (TPSA) is 30.5 Å². The van der Waals surface area contributed by atoms with Gasteiger partial charge in [-0.05, 0) is 49.7 Å². The van der Waals surface area contributed by atoms with Gasteiger partial charge >= 0.3 is 0 Å². The molecule has 3 nitrogen and oxygen atoms in total. The van der Waals surface area contributed by atoms with E-state index < -0.39 is 0 Å². The van der Waals surface area contributed by atoms with Crippen LogP contribution in [0.5, 0.6) is 11.5 Å². The van der Waals surface area contributed by atoms with E-state index in [1.54, 1.807) is 0 Å². The number of hydrogen-bond donors (Lipinski definition) is 1. The average molecular weight is 289 g/mol. The molecule has 0 saturated heterocycles. The fraction of sp³-hybridized carbons (Fsp3) is 0.667. The number of benzene rings is 1. The molecule has 116 valence electrons. The summed E-state index contributed by atoms with van der Waals surface area (Å²) in [6, 6.07) is 8.57. The summed E-state index contributed by atoms with van der Waals surface area (Å²) < 4.78 is 11.8. The van der Waals surface area contributed by atoms with Crippen molar-refractivity contribution < 1.29 is 9.47 Å². The van der Waals surface area contributed by atoms with Gasteiger partial charge in [-0.3, -0.25) is 0 Å². The minimum absolute atomic E-state index is 0.128. The van der Waals surface area contributed by atoms with E-state index in [-0.39, 0.29) is 6.10 Å². The molecule has 0 spiro atoms. The van der Waals surface area contributed by atoms with Crippen LogP contribution < -0.4 is 14.8 Å². The molecule has 1 aromatic rings. The van der Waals surface area contributed by atoms with E-state index in [0.717, 1.165) is 29.9 Å². The Morgan fingerprint density at radius 3 is 2.52 bits per heavy atom. The first kappa shape index (κ1) is 14.7. The fourth-order valence-electron chi connectivity index (χ4n) is 3.45. The van der Waals surface area contributed by atoms with Crippen LogP contribution in [0.2, 0.25) is 0 Å². The van der Waals surface area contributed by atoms with E-state index in [1.165, 1.54) is 25.7 Å². The van der Waals surface area contributed by atoms with Crippen LogP contribution >= 0.6 is 0 Å². The van der Waals surface area contributed by atoms with Gasteiger partial charge in [0.2, 0.25) is 0 Å². The zero-order chi connectivity index (χ0) is 14.7. The molecule has 0 amide bonds. The Hall–Kier alpha value is -1.22. The second-order valence-electron chi connectivity index (χ2n) is 6.76. The van der Waals surface area contributed by atoms with E-state index in [2.05, 4.69) is 19.2 Å². The summed E-state index contributed by atoms with van der Waals surface area (Å²) >= 11 is 0. The van der Waals surface area contributed by atoms with Crippen LogP contribution in [0, 0.1) is 11.8 Å². The molecule has 0 bridgehead atoms. The van der Waals surface area contributed by atoms with Gasteiger partial charge in [0, 0.05) is 12.6 Å². The Labute approximate surface area is 128 Å². The Morgan fingerprint density at radius 1 is 1.10 bits per heavy atom. The van der Waals surface area contributed by atoms with Crippen molar-refractivity contribution in [2.24, 2.45) is 11.8 Å². The van der Waals surface area contributed by atoms with Gasteiger partial charge in [0.05, 0.1) is 0 Å². The van der Waals surface area contributed by atoms with Gasteiger partial charge < -0.3 is 14.8 Å². The van der Waals surface area contributed by atoms with Gasteiger partial charge in [-0.1, -0.05) is 26.0 Å². The van der Waals surface area contributed by atoms with E-state index in [9.17, 15) is 0 Å². The molecule has 3 heteroatoms. The Morgan fingerprint density at radius 2 is 1.81 bits per heavy atom. The van der Waals surface area contributed by atoms with Crippen molar-refractivity contribution in [3.8, 4) is 11.5 Å². The smallest absolute Gasteiger partial charge is 0.161 e. The van der Waals surface area contributed by atoms with Gasteiger partial charge in [0.25, 0.3) is 0 Å². The summed E-state index contributed by atoms with van der Waals surface area (Å²) in [5.74, 6) is 3.49. The van der Waals surface area contributed by atoms with E-state index in [4.69, 9.17) is 9.47 Å². The standard InChI is InChI=1S/C18H27NO2/c1-13(2)14-7-9-15(10-8-14)19-11-16-12-20-17-5-3-4-6-18(17)21-16/h3-6,13-16,19H,7-12H2,1-2H3. The lowest BCUT2D eigenvalue weighted by molar-refractivity contribution is 0.0855. The molecular weight excluding hydrogens is 262 g/mol. The molecule has 1 aromatic carbocycles. The maximum absolute atomic E-state index is 5.99. The van der Waals surface area contributed by atoms with Crippen LogP contribution in [0.4, 0.5) is 0 Å². The van der Waals surface area contributed by atoms with Crippen molar-refractivity contribution in [2.45, 2.75) is 51.7 Å². The van der Waals surface area contributed by atoms with E-state index in [0.29, 0.717) is 12.6 Å². The van der Waals surface area contributed by atoms with Crippen LogP contribution in [-0.4, -0.2) is 25.3 Å². The van der Waals surface area contributed by atoms with Crippen molar-refractivity contribution >= 4 is 0 Å². The monoisotopic (exact) mass is 289 g/mol. The molecule has 1 aliphatic heterocycles. The molecule has 1 saturated carbocycles. The molecule has 1 N–H and O–H groups in total. The summed E-state index contributed by atoms with van der Waals surface area (Å²) in [5.41, 5.74) is 0. The molecule has 1 unspecified atom stereocenters. The van der Waals surface area contributed by atoms with Crippen LogP contribution in [-0.2, 0) is 0 Å². The highest BCUT2D eigenvalue weighted by molar-refractivity contribution is 5.40. The van der Waals surface area contributed by atoms with Crippen LogP contribution in [0.15, 0.2) is 24.3 Å². The third-order valence-corrected chi connectivity index (χ3v) is 4.92. The van der Waals surface area contributed by atoms with Gasteiger partial charge in [0.15, 0.2) is 11.5 Å². The highest BCUT2D eigenvalue weighted by atomic mass is 16.6. The Bertz CT molecular complexity index is 452. The summed E-state index contributed by atoms with van der Waals surface area (Å²) in [6.45, 7) is 6.23. The van der Waals surface area contributed by atoms with Crippen molar-refractivity contribution in [1.82, 2.24) is 5.32 Å². The second-order valence-corrected chi connectivity index (χ2v) is 6.76. The normalized spacial score (nSPS) is 28.6. The number of para-hydroxylation sites is 2. The largest absolute Gasteiger partial charge is 0.486 e. The molecule has 1 fully saturated rings. The lowest BCUT2D eigenvalue weighted by Gasteiger charge is -2.33. The summed E-state index contributed by atoms with van der Waals surface area (Å²) in [4.78, 5) is 0. The first-order valence-electron chi connectivity index (χ1n) is 8.34. The Kier molecular flexibility index (Phi) is 4.69. The quantitative estimate of drug-likeness (QED) is 0.918. The minimum atomic E-state index is 0.128. The number of ether oxygens (including phenoxy) is 2. The summed E-state index contributed by atoms with van der Waals surface area (Å²) in [7, 11) is 0. The van der Waals surface area contributed by atoms with Gasteiger partial charge in [-0.25, -0.2) is 0 Å². The molecule has 1 aliphatic carbocycles. The van der Waals surface area contributed by atoms with Gasteiger partial charge in [-0.2, -0.15) is 0 Å². The zero-order valence-corrected chi connectivity index (χ0v) is 13.2. The molecule has 0 aromatic heterocycles. The molecule has 3 rings (SSSR count). The molecule has 1 atom stereocenters. The lowest BCUT2D eigenvalue weighted by atomic mass is 9.80. The maximum atomic E-state index is 5.99. The zero-order valence-electron chi connectivity index (χ0n) is 13.2. The summed E-state index contributed by atoms with van der Waals surface area (Å²) in [6.07, 6.45) is 5.45. The van der Waals surface area contributed by atoms with Crippen LogP contribution in [0.3, 0.4) is 0 Å². The van der Waals surface area contributed by atoms with E-state index >= 15 is 0 Å². The molecule has 1 heterocycles. The van der Waals surface area contributed by atoms with Crippen molar-refractivity contribution in [3.05, 3.63) is 24.3 Å². The van der Waals surface area contributed by atoms with Crippen molar-refractivity contribution in [1.29, 1.82) is 0 Å². The van der Waals surface area contributed by atoms with Crippen LogP contribution in [0.1, 0.15) is 39.5 Å². The molecule has 2 aliphatic rings. The first-order valence-corrected chi connectivity index (χ1v) is 8.34. The highest BCUT2D eigenvalue weighted by Gasteiger charge is 2.25. The molecule has 0 radical (unpaired) electrons. The predicted octanol–water partition coefficient (Wildman–Crippen LogP) is 3.63. The highest BCUT2D eigenvalue weighted by Crippen LogP contribution is 2.32. The fourth-order valence-corrected chi connectivity index (χ4v) is 3.45. The summed E-state index contributed by atoms with van der Waals surface area (Å²) in [5, 5.41) is 3.68. The average Bonchev–Trinajstić information content (AvgIpc) is 2.53. The van der Waals surface area contributed by atoms with Crippen LogP contribution in [0.25, 0.3) is 0 Å². The number of nitrogens with one attached hydrogen (secondary N) is 1. The number of rotatable bonds is 4. The number of hydrogen-bond acceptors (Lipinski definition) is 3. The predicted molar refractivity (Wildman–Crippen MR) is 84.9 cm³/mol. The molecule has 21 heavy (non-hydrogen) atoms. The van der Waals surface area contributed by atoms with Gasteiger partial charge in [-0.15, -0.1) is 0 Å². The van der Waals surface area contributed by atoms with Gasteiger partial charge in [0.1, 0.15) is 12.7 Å². The Balaban J connectivity index is 1.43. The second kappa shape index (κ2) is 6.69. The first-order chi connectivity index (χ1) is 10.2.